The van der Waals surface area contributed by atoms with Gasteiger partial charge in [-0.15, -0.1) is 0 Å². The van der Waals surface area contributed by atoms with Crippen LogP contribution in [0.2, 0.25) is 0 Å². The number of hydrogen-bond donors (Lipinski definition) is 1. The van der Waals surface area contributed by atoms with Crippen molar-refractivity contribution in [2.75, 3.05) is 0 Å². The molecular formula is C20H26N4O2. The molecule has 0 amide bonds. The molecule has 6 heteroatoms. The first-order chi connectivity index (χ1) is 12.6. The Morgan fingerprint density at radius 2 is 1.81 bits per heavy atom. The van der Waals surface area contributed by atoms with Gasteiger partial charge in [0.15, 0.2) is 10.8 Å². The van der Waals surface area contributed by atoms with Crippen molar-refractivity contribution < 1.29 is 9.47 Å². The molecule has 0 aromatic carbocycles. The maximum atomic E-state index is 10.1. The molecule has 1 N–H and O–H groups in total. The van der Waals surface area contributed by atoms with Crippen LogP contribution >= 0.6 is 0 Å². The number of hydrogen-bond acceptors (Lipinski definition) is 6. The molecule has 1 saturated carbocycles. The van der Waals surface area contributed by atoms with Gasteiger partial charge in [-0.1, -0.05) is 45.4 Å². The zero-order valence-electron chi connectivity index (χ0n) is 15.4. The van der Waals surface area contributed by atoms with Gasteiger partial charge in [0.25, 0.3) is 0 Å². The van der Waals surface area contributed by atoms with Gasteiger partial charge in [0, 0.05) is 6.42 Å². The summed E-state index contributed by atoms with van der Waals surface area (Å²) in [6.45, 7) is 2.15. The van der Waals surface area contributed by atoms with E-state index in [1.54, 1.807) is 0 Å². The molecule has 4 atom stereocenters. The third-order valence-corrected chi connectivity index (χ3v) is 6.50. The van der Waals surface area contributed by atoms with Crippen LogP contribution in [-0.4, -0.2) is 17.8 Å². The topological polar surface area (TPSA) is 114 Å². The van der Waals surface area contributed by atoms with Crippen molar-refractivity contribution in [2.24, 2.45) is 16.7 Å². The molecule has 3 aliphatic rings. The summed E-state index contributed by atoms with van der Waals surface area (Å²) >= 11 is 0. The van der Waals surface area contributed by atoms with Crippen LogP contribution in [0.1, 0.15) is 71.1 Å². The van der Waals surface area contributed by atoms with Crippen LogP contribution in [0.4, 0.5) is 0 Å². The first-order valence-corrected chi connectivity index (χ1v) is 9.76. The maximum absolute atomic E-state index is 10.1. The van der Waals surface area contributed by atoms with Gasteiger partial charge in [-0.3, -0.25) is 5.41 Å². The number of nitrogens with zero attached hydrogens (tertiary/aromatic N) is 3. The van der Waals surface area contributed by atoms with Gasteiger partial charge in [-0.25, -0.2) is 0 Å². The Bertz CT molecular complexity index is 686. The van der Waals surface area contributed by atoms with Crippen molar-refractivity contribution >= 4 is 5.90 Å². The van der Waals surface area contributed by atoms with Crippen LogP contribution in [-0.2, 0) is 9.47 Å². The zero-order valence-corrected chi connectivity index (χ0v) is 15.4. The van der Waals surface area contributed by atoms with E-state index in [1.165, 1.54) is 0 Å². The first kappa shape index (κ1) is 18.7. The van der Waals surface area contributed by atoms with Gasteiger partial charge in [-0.2, -0.15) is 15.8 Å². The van der Waals surface area contributed by atoms with E-state index in [2.05, 4.69) is 25.1 Å². The summed E-state index contributed by atoms with van der Waals surface area (Å²) in [6, 6.07) is 6.45. The smallest absolute Gasteiger partial charge is 0.217 e. The SMILES string of the molecule is CCCCCCCC1OC23CCCCC2C(C#N)(C(=N)O3)C1(C#N)C#N. The summed E-state index contributed by atoms with van der Waals surface area (Å²) < 4.78 is 12.2. The van der Waals surface area contributed by atoms with Gasteiger partial charge < -0.3 is 9.47 Å². The Balaban J connectivity index is 1.97. The minimum absolute atomic E-state index is 0.247. The molecule has 1 aliphatic carbocycles. The summed E-state index contributed by atoms with van der Waals surface area (Å²) in [5, 5.41) is 38.5. The fraction of sp³-hybridized carbons (Fsp3) is 0.800. The predicted molar refractivity (Wildman–Crippen MR) is 93.5 cm³/mol. The molecule has 3 fully saturated rings. The molecule has 0 aromatic heterocycles. The highest BCUT2D eigenvalue weighted by Crippen LogP contribution is 2.66. The van der Waals surface area contributed by atoms with Crippen LogP contribution in [0.5, 0.6) is 0 Å². The normalized spacial score (nSPS) is 36.9. The lowest BCUT2D eigenvalue weighted by atomic mass is 9.51. The minimum atomic E-state index is -1.69. The summed E-state index contributed by atoms with van der Waals surface area (Å²) in [4.78, 5) is 0. The standard InChI is InChI=1S/C20H26N4O2/c1-2-3-4-5-6-10-16-18(12-21,13-22)19(14-23)15-9-7-8-11-20(15,25-16)26-17(19)24/h15-16,24H,2-11H2,1H3. The molecular weight excluding hydrogens is 328 g/mol. The predicted octanol–water partition coefficient (Wildman–Crippen LogP) is 4.18. The maximum Gasteiger partial charge on any atom is 0.217 e. The van der Waals surface area contributed by atoms with E-state index in [-0.39, 0.29) is 5.90 Å². The Labute approximate surface area is 155 Å². The van der Waals surface area contributed by atoms with Crippen LogP contribution in [0.3, 0.4) is 0 Å². The average molecular weight is 354 g/mol. The monoisotopic (exact) mass is 354 g/mol. The van der Waals surface area contributed by atoms with E-state index >= 15 is 0 Å². The molecule has 0 spiro atoms. The average Bonchev–Trinajstić information content (AvgIpc) is 2.87. The van der Waals surface area contributed by atoms with Crippen LogP contribution in [0, 0.1) is 56.2 Å². The van der Waals surface area contributed by atoms with E-state index in [4.69, 9.17) is 14.9 Å². The van der Waals surface area contributed by atoms with Gasteiger partial charge in [0.1, 0.15) is 0 Å². The lowest BCUT2D eigenvalue weighted by Gasteiger charge is -2.51. The van der Waals surface area contributed by atoms with Crippen molar-refractivity contribution in [3.05, 3.63) is 0 Å². The van der Waals surface area contributed by atoms with Crippen molar-refractivity contribution in [3.63, 3.8) is 0 Å². The molecule has 3 rings (SSSR count). The molecule has 2 heterocycles. The largest absolute Gasteiger partial charge is 0.447 e. The van der Waals surface area contributed by atoms with Crippen molar-refractivity contribution in [1.82, 2.24) is 0 Å². The van der Waals surface area contributed by atoms with E-state index in [9.17, 15) is 15.8 Å². The molecule has 2 bridgehead atoms. The second kappa shape index (κ2) is 6.90. The first-order valence-electron chi connectivity index (χ1n) is 9.76. The second-order valence-electron chi connectivity index (χ2n) is 7.80. The van der Waals surface area contributed by atoms with Crippen LogP contribution in [0.15, 0.2) is 0 Å². The second-order valence-corrected chi connectivity index (χ2v) is 7.80. The Morgan fingerprint density at radius 3 is 2.46 bits per heavy atom. The fourth-order valence-corrected chi connectivity index (χ4v) is 5.17. The van der Waals surface area contributed by atoms with Crippen molar-refractivity contribution in [3.8, 4) is 18.2 Å². The third kappa shape index (κ3) is 2.27. The molecule has 0 aromatic rings. The Morgan fingerprint density at radius 1 is 1.08 bits per heavy atom. The highest BCUT2D eigenvalue weighted by molar-refractivity contribution is 5.89. The third-order valence-electron chi connectivity index (χ3n) is 6.50. The molecule has 26 heavy (non-hydrogen) atoms. The molecule has 138 valence electrons. The molecule has 0 radical (unpaired) electrons. The molecule has 4 unspecified atom stereocenters. The Hall–Kier alpha value is -2.10. The van der Waals surface area contributed by atoms with Gasteiger partial charge >= 0.3 is 0 Å². The summed E-state index contributed by atoms with van der Waals surface area (Å²) in [5.41, 5.74) is -3.21. The molecule has 2 saturated heterocycles. The summed E-state index contributed by atoms with van der Waals surface area (Å²) in [7, 11) is 0. The van der Waals surface area contributed by atoms with E-state index in [1.807, 2.05) is 0 Å². The van der Waals surface area contributed by atoms with Gasteiger partial charge in [0.2, 0.25) is 11.7 Å². The number of ether oxygens (including phenoxy) is 2. The van der Waals surface area contributed by atoms with E-state index < -0.39 is 28.6 Å². The lowest BCUT2D eigenvalue weighted by Crippen LogP contribution is -2.63. The molecule has 2 aliphatic heterocycles. The van der Waals surface area contributed by atoms with Gasteiger partial charge in [-0.05, 0) is 19.3 Å². The van der Waals surface area contributed by atoms with E-state index in [0.717, 1.165) is 44.9 Å². The summed E-state index contributed by atoms with van der Waals surface area (Å²) in [5.74, 6) is -1.67. The fourth-order valence-electron chi connectivity index (χ4n) is 5.17. The highest BCUT2D eigenvalue weighted by Gasteiger charge is 2.79. The Kier molecular flexibility index (Phi) is 4.96. The number of rotatable bonds is 6. The lowest BCUT2D eigenvalue weighted by molar-refractivity contribution is -0.292. The van der Waals surface area contributed by atoms with E-state index in [0.29, 0.717) is 19.3 Å². The number of nitrogens with one attached hydrogen (secondary N) is 1. The number of nitriles is 3. The van der Waals surface area contributed by atoms with Crippen molar-refractivity contribution in [2.45, 2.75) is 83.0 Å². The number of unbranched alkanes of at least 4 members (excludes halogenated alkanes) is 4. The highest BCUT2D eigenvalue weighted by atomic mass is 16.7. The minimum Gasteiger partial charge on any atom is -0.447 e. The van der Waals surface area contributed by atoms with Crippen LogP contribution < -0.4 is 0 Å². The molecule has 6 nitrogen and oxygen atoms in total. The van der Waals surface area contributed by atoms with Crippen molar-refractivity contribution in [1.29, 1.82) is 21.2 Å². The zero-order chi connectivity index (χ0) is 18.8. The van der Waals surface area contributed by atoms with Gasteiger partial charge in [0.05, 0.1) is 30.2 Å². The summed E-state index contributed by atoms with van der Waals surface area (Å²) in [6.07, 6.45) is 8.16. The van der Waals surface area contributed by atoms with Crippen LogP contribution in [0.25, 0.3) is 0 Å². The quantitative estimate of drug-likeness (QED) is 0.719.